The molecule has 0 amide bonds. The summed E-state index contributed by atoms with van der Waals surface area (Å²) in [4.78, 5) is 16.0. The van der Waals surface area contributed by atoms with Gasteiger partial charge in [0.2, 0.25) is 0 Å². The summed E-state index contributed by atoms with van der Waals surface area (Å²) in [6, 6.07) is 13.8. The van der Waals surface area contributed by atoms with Crippen LogP contribution in [0.3, 0.4) is 0 Å². The summed E-state index contributed by atoms with van der Waals surface area (Å²) in [5.41, 5.74) is 2.38. The molecule has 136 valence electrons. The van der Waals surface area contributed by atoms with Crippen LogP contribution in [0.15, 0.2) is 59.9 Å². The van der Waals surface area contributed by atoms with Crippen molar-refractivity contribution in [3.63, 3.8) is 0 Å². The molecule has 0 radical (unpaired) electrons. The Labute approximate surface area is 159 Å². The summed E-state index contributed by atoms with van der Waals surface area (Å²) in [6.07, 6.45) is 1.75. The van der Waals surface area contributed by atoms with Crippen molar-refractivity contribution >= 4 is 28.4 Å². The fourth-order valence-electron chi connectivity index (χ4n) is 2.97. The Bertz CT molecular complexity index is 1120. The van der Waals surface area contributed by atoms with Gasteiger partial charge in [-0.1, -0.05) is 30.0 Å². The van der Waals surface area contributed by atoms with Crippen molar-refractivity contribution < 1.29 is 9.18 Å². The predicted molar refractivity (Wildman–Crippen MR) is 104 cm³/mol. The number of thioether (sulfide) groups is 1. The van der Waals surface area contributed by atoms with Crippen molar-refractivity contribution in [2.24, 2.45) is 7.05 Å². The molecule has 2 aromatic heterocycles. The number of hydrogen-bond acceptors (Lipinski definition) is 4. The van der Waals surface area contributed by atoms with Gasteiger partial charge < -0.3 is 9.55 Å². The van der Waals surface area contributed by atoms with Gasteiger partial charge in [0.25, 0.3) is 0 Å². The van der Waals surface area contributed by atoms with Gasteiger partial charge in [0.15, 0.2) is 16.8 Å². The minimum atomic E-state index is -0.326. The first kappa shape index (κ1) is 17.5. The highest BCUT2D eigenvalue weighted by atomic mass is 32.2. The maximum atomic E-state index is 13.1. The van der Waals surface area contributed by atoms with E-state index in [1.807, 2.05) is 42.8 Å². The molecule has 0 saturated heterocycles. The third-order valence-electron chi connectivity index (χ3n) is 4.44. The van der Waals surface area contributed by atoms with Gasteiger partial charge in [-0.3, -0.25) is 4.79 Å². The molecule has 0 spiro atoms. The molecule has 0 fully saturated rings. The molecule has 27 heavy (non-hydrogen) atoms. The van der Waals surface area contributed by atoms with E-state index in [9.17, 15) is 9.18 Å². The number of benzene rings is 2. The first-order chi connectivity index (χ1) is 13.0. The van der Waals surface area contributed by atoms with Crippen molar-refractivity contribution in [3.8, 4) is 11.4 Å². The van der Waals surface area contributed by atoms with Gasteiger partial charge in [0.05, 0.1) is 5.25 Å². The third kappa shape index (κ3) is 3.26. The Balaban J connectivity index is 1.57. The second-order valence-corrected chi connectivity index (χ2v) is 7.55. The molecule has 2 heterocycles. The smallest absolute Gasteiger partial charge is 0.191 e. The molecule has 0 aliphatic heterocycles. The number of hydrogen-bond donors (Lipinski definition) is 1. The highest BCUT2D eigenvalue weighted by Crippen LogP contribution is 2.29. The lowest BCUT2D eigenvalue weighted by molar-refractivity contribution is 0.0995. The Morgan fingerprint density at radius 3 is 2.67 bits per heavy atom. The molecule has 0 aliphatic carbocycles. The van der Waals surface area contributed by atoms with E-state index in [-0.39, 0.29) is 16.9 Å². The normalized spacial score (nSPS) is 12.4. The number of halogens is 1. The lowest BCUT2D eigenvalue weighted by Crippen LogP contribution is -2.14. The van der Waals surface area contributed by atoms with Crippen LogP contribution in [0.2, 0.25) is 0 Å². The van der Waals surface area contributed by atoms with Crippen molar-refractivity contribution in [2.45, 2.75) is 17.3 Å². The van der Waals surface area contributed by atoms with E-state index in [1.165, 1.54) is 23.9 Å². The van der Waals surface area contributed by atoms with Gasteiger partial charge in [-0.25, -0.2) is 4.39 Å². The first-order valence-electron chi connectivity index (χ1n) is 8.47. The minimum Gasteiger partial charge on any atom is -0.360 e. The first-order valence-corrected chi connectivity index (χ1v) is 9.35. The Kier molecular flexibility index (Phi) is 4.53. The summed E-state index contributed by atoms with van der Waals surface area (Å²) >= 11 is 1.36. The topological polar surface area (TPSA) is 63.6 Å². The number of aromatic nitrogens is 4. The Morgan fingerprint density at radius 2 is 1.89 bits per heavy atom. The molecule has 0 aliphatic rings. The number of para-hydroxylation sites is 1. The summed E-state index contributed by atoms with van der Waals surface area (Å²) in [7, 11) is 1.84. The standard InChI is InChI=1S/C20H17FN4OS/c1-12(18(26)16-11-22-17-6-4-3-5-15(16)17)27-20-24-23-19(25(20)2)13-7-9-14(21)10-8-13/h3-12,22H,1-2H3. The molecule has 1 N–H and O–H groups in total. The lowest BCUT2D eigenvalue weighted by atomic mass is 10.1. The molecule has 0 bridgehead atoms. The number of rotatable bonds is 5. The number of H-pyrrole nitrogens is 1. The van der Waals surface area contributed by atoms with Crippen LogP contribution in [0.4, 0.5) is 4.39 Å². The van der Waals surface area contributed by atoms with Crippen molar-refractivity contribution in [3.05, 3.63) is 66.1 Å². The highest BCUT2D eigenvalue weighted by molar-refractivity contribution is 8.00. The Morgan fingerprint density at radius 1 is 1.15 bits per heavy atom. The van der Waals surface area contributed by atoms with E-state index < -0.39 is 0 Å². The lowest BCUT2D eigenvalue weighted by Gasteiger charge is -2.09. The van der Waals surface area contributed by atoms with Crippen LogP contribution in [-0.4, -0.2) is 30.8 Å². The number of ketones is 1. The van der Waals surface area contributed by atoms with E-state index in [1.54, 1.807) is 18.3 Å². The molecule has 1 atom stereocenters. The molecule has 5 nitrogen and oxygen atoms in total. The van der Waals surface area contributed by atoms with Crippen molar-refractivity contribution in [2.75, 3.05) is 0 Å². The monoisotopic (exact) mass is 380 g/mol. The van der Waals surface area contributed by atoms with E-state index in [0.717, 1.165) is 16.5 Å². The zero-order valence-electron chi connectivity index (χ0n) is 14.8. The van der Waals surface area contributed by atoms with Crippen LogP contribution in [0.1, 0.15) is 17.3 Å². The maximum Gasteiger partial charge on any atom is 0.191 e. The number of Topliss-reactive ketones (excluding diaryl/α,β-unsaturated/α-hetero) is 1. The van der Waals surface area contributed by atoms with Crippen LogP contribution < -0.4 is 0 Å². The molecule has 4 aromatic rings. The zero-order valence-corrected chi connectivity index (χ0v) is 15.6. The van der Waals surface area contributed by atoms with Gasteiger partial charge in [0.1, 0.15) is 5.82 Å². The van der Waals surface area contributed by atoms with E-state index in [0.29, 0.717) is 16.5 Å². The molecular formula is C20H17FN4OS. The summed E-state index contributed by atoms with van der Waals surface area (Å²) in [6.45, 7) is 1.86. The van der Waals surface area contributed by atoms with E-state index in [4.69, 9.17) is 0 Å². The number of nitrogens with one attached hydrogen (secondary N) is 1. The zero-order chi connectivity index (χ0) is 19.0. The van der Waals surface area contributed by atoms with Gasteiger partial charge >= 0.3 is 0 Å². The fraction of sp³-hybridized carbons (Fsp3) is 0.150. The number of carbonyl (C=O) groups excluding carboxylic acids is 1. The van der Waals surface area contributed by atoms with Crippen LogP contribution in [0.5, 0.6) is 0 Å². The second kappa shape index (κ2) is 7.00. The van der Waals surface area contributed by atoms with Gasteiger partial charge in [-0.2, -0.15) is 0 Å². The summed E-state index contributed by atoms with van der Waals surface area (Å²) in [5.74, 6) is 0.362. The number of aromatic amines is 1. The van der Waals surface area contributed by atoms with Crippen LogP contribution in [0, 0.1) is 5.82 Å². The third-order valence-corrected chi connectivity index (χ3v) is 5.58. The summed E-state index contributed by atoms with van der Waals surface area (Å²) < 4.78 is 14.9. The van der Waals surface area contributed by atoms with Crippen LogP contribution in [-0.2, 0) is 7.05 Å². The van der Waals surface area contributed by atoms with E-state index >= 15 is 0 Å². The fourth-order valence-corrected chi connectivity index (χ4v) is 3.86. The molecular weight excluding hydrogens is 363 g/mol. The van der Waals surface area contributed by atoms with Crippen LogP contribution in [0.25, 0.3) is 22.3 Å². The molecule has 4 rings (SSSR count). The number of carbonyl (C=O) groups is 1. The minimum absolute atomic E-state index is 0.0313. The van der Waals surface area contributed by atoms with Gasteiger partial charge in [0, 0.05) is 35.3 Å². The average molecular weight is 380 g/mol. The molecule has 2 aromatic carbocycles. The van der Waals surface area contributed by atoms with E-state index in [2.05, 4.69) is 15.2 Å². The SMILES string of the molecule is CC(Sc1nnc(-c2ccc(F)cc2)n1C)C(=O)c1c[nH]c2ccccc12. The molecule has 1 unspecified atom stereocenters. The second-order valence-electron chi connectivity index (χ2n) is 6.24. The van der Waals surface area contributed by atoms with Crippen LogP contribution >= 0.6 is 11.8 Å². The van der Waals surface area contributed by atoms with Gasteiger partial charge in [-0.05, 0) is 37.3 Å². The Hall–Kier alpha value is -2.93. The largest absolute Gasteiger partial charge is 0.360 e. The quantitative estimate of drug-likeness (QED) is 0.410. The van der Waals surface area contributed by atoms with Crippen molar-refractivity contribution in [1.82, 2.24) is 19.7 Å². The highest BCUT2D eigenvalue weighted by Gasteiger charge is 2.22. The molecule has 7 heteroatoms. The van der Waals surface area contributed by atoms with Gasteiger partial charge in [-0.15, -0.1) is 10.2 Å². The number of nitrogens with zero attached hydrogens (tertiary/aromatic N) is 3. The van der Waals surface area contributed by atoms with Crippen molar-refractivity contribution in [1.29, 1.82) is 0 Å². The average Bonchev–Trinajstić information content (AvgIpc) is 3.26. The maximum absolute atomic E-state index is 13.1. The number of fused-ring (bicyclic) bond motifs is 1. The summed E-state index contributed by atoms with van der Waals surface area (Å²) in [5, 5.41) is 9.62. The predicted octanol–water partition coefficient (Wildman–Crippen LogP) is 4.47. The molecule has 0 saturated carbocycles.